The molecule has 1 aromatic heterocycles. The van der Waals surface area contributed by atoms with Crippen LogP contribution >= 0.6 is 11.6 Å². The number of nitriles is 1. The molecule has 4 aromatic rings. The summed E-state index contributed by atoms with van der Waals surface area (Å²) in [5.41, 5.74) is 0.0893. The summed E-state index contributed by atoms with van der Waals surface area (Å²) in [5.74, 6) is 0.204. The summed E-state index contributed by atoms with van der Waals surface area (Å²) >= 11 is 6.27. The van der Waals surface area contributed by atoms with Crippen molar-refractivity contribution in [3.63, 3.8) is 0 Å². The van der Waals surface area contributed by atoms with E-state index >= 15 is 0 Å². The summed E-state index contributed by atoms with van der Waals surface area (Å²) in [6, 6.07) is 15.4. The number of amides is 1. The molecule has 5 rings (SSSR count). The van der Waals surface area contributed by atoms with E-state index in [1.165, 1.54) is 54.9 Å². The van der Waals surface area contributed by atoms with Crippen LogP contribution in [0.1, 0.15) is 21.5 Å². The van der Waals surface area contributed by atoms with E-state index in [0.29, 0.717) is 30.1 Å². The Balaban J connectivity index is 1.43. The Labute approximate surface area is 225 Å². The number of fused-ring (bicyclic) bond motifs is 1. The number of benzene rings is 3. The standard InChI is InChI=1S/C27H17ClF3N5O3/c28-21-6-5-17(11-22(21)39-26-23-24(34-14-35-26)33-7-8-38-23)25(37)36-20-10-18(9-19(12-20)27(29,30)31)16-3-1-15(13-32)2-4-16/h1-6,9-12,14H,7-8H2,(H,36,37)(H,33,34,35). The Hall–Kier alpha value is -4.82. The van der Waals surface area contributed by atoms with Crippen molar-refractivity contribution in [3.05, 3.63) is 88.7 Å². The molecule has 0 saturated heterocycles. The van der Waals surface area contributed by atoms with Crippen LogP contribution in [0.25, 0.3) is 11.1 Å². The Kier molecular flexibility index (Phi) is 6.96. The fourth-order valence-electron chi connectivity index (χ4n) is 3.81. The zero-order valence-corrected chi connectivity index (χ0v) is 20.6. The highest BCUT2D eigenvalue weighted by atomic mass is 35.5. The Morgan fingerprint density at radius 1 is 1.08 bits per heavy atom. The van der Waals surface area contributed by atoms with E-state index in [1.807, 2.05) is 6.07 Å². The molecule has 39 heavy (non-hydrogen) atoms. The average molecular weight is 552 g/mol. The third-order valence-electron chi connectivity index (χ3n) is 5.68. The van der Waals surface area contributed by atoms with E-state index in [1.54, 1.807) is 0 Å². The molecule has 0 bridgehead atoms. The van der Waals surface area contributed by atoms with E-state index in [9.17, 15) is 18.0 Å². The van der Waals surface area contributed by atoms with Gasteiger partial charge in [0.2, 0.25) is 5.75 Å². The molecule has 2 heterocycles. The summed E-state index contributed by atoms with van der Waals surface area (Å²) in [6.07, 6.45) is -3.38. The summed E-state index contributed by atoms with van der Waals surface area (Å²) in [4.78, 5) is 21.2. The molecular formula is C27H17ClF3N5O3. The second kappa shape index (κ2) is 10.5. The van der Waals surface area contributed by atoms with Crippen molar-refractivity contribution in [2.45, 2.75) is 6.18 Å². The van der Waals surface area contributed by atoms with Gasteiger partial charge in [-0.05, 0) is 59.7 Å². The molecule has 0 unspecified atom stereocenters. The van der Waals surface area contributed by atoms with E-state index in [4.69, 9.17) is 26.3 Å². The first kappa shape index (κ1) is 25.8. The molecule has 0 saturated carbocycles. The zero-order valence-electron chi connectivity index (χ0n) is 19.8. The van der Waals surface area contributed by atoms with Crippen molar-refractivity contribution >= 4 is 29.0 Å². The highest BCUT2D eigenvalue weighted by Gasteiger charge is 2.31. The number of aromatic nitrogens is 2. The van der Waals surface area contributed by atoms with Crippen LogP contribution in [0.3, 0.4) is 0 Å². The van der Waals surface area contributed by atoms with Crippen LogP contribution in [-0.2, 0) is 6.18 Å². The second-order valence-corrected chi connectivity index (χ2v) is 8.73. The van der Waals surface area contributed by atoms with Gasteiger partial charge >= 0.3 is 6.18 Å². The number of ether oxygens (including phenoxy) is 2. The molecule has 196 valence electrons. The van der Waals surface area contributed by atoms with Crippen LogP contribution < -0.4 is 20.1 Å². The first-order chi connectivity index (χ1) is 18.7. The van der Waals surface area contributed by atoms with Crippen LogP contribution in [0, 0.1) is 11.3 Å². The number of alkyl halides is 3. The molecule has 1 amide bonds. The highest BCUT2D eigenvalue weighted by Crippen LogP contribution is 2.39. The number of carbonyl (C=O) groups excluding carboxylic acids is 1. The minimum atomic E-state index is -4.66. The molecule has 1 aliphatic rings. The van der Waals surface area contributed by atoms with E-state index < -0.39 is 17.6 Å². The molecule has 3 aromatic carbocycles. The Morgan fingerprint density at radius 2 is 1.87 bits per heavy atom. The van der Waals surface area contributed by atoms with Gasteiger partial charge in [0.05, 0.1) is 28.8 Å². The number of halogens is 4. The van der Waals surface area contributed by atoms with Crippen molar-refractivity contribution < 1.29 is 27.4 Å². The summed E-state index contributed by atoms with van der Waals surface area (Å²) < 4.78 is 52.4. The molecule has 1 aliphatic heterocycles. The van der Waals surface area contributed by atoms with Crippen LogP contribution in [0.15, 0.2) is 67.0 Å². The average Bonchev–Trinajstić information content (AvgIpc) is 2.94. The number of hydrogen-bond donors (Lipinski definition) is 2. The Bertz CT molecular complexity index is 1600. The minimum absolute atomic E-state index is 0.0732. The van der Waals surface area contributed by atoms with Gasteiger partial charge in [-0.25, -0.2) is 4.98 Å². The molecule has 8 nitrogen and oxygen atoms in total. The first-order valence-electron chi connectivity index (χ1n) is 11.4. The molecule has 0 atom stereocenters. The second-order valence-electron chi connectivity index (χ2n) is 8.32. The molecule has 0 aliphatic carbocycles. The van der Waals surface area contributed by atoms with Gasteiger partial charge in [-0.2, -0.15) is 23.4 Å². The SMILES string of the molecule is N#Cc1ccc(-c2cc(NC(=O)c3ccc(Cl)c(Oc4ncnc5c4OCCN5)c3)cc(C(F)(F)F)c2)cc1. The van der Waals surface area contributed by atoms with Crippen LogP contribution in [0.5, 0.6) is 17.4 Å². The summed E-state index contributed by atoms with van der Waals surface area (Å²) in [5, 5.41) is 14.7. The summed E-state index contributed by atoms with van der Waals surface area (Å²) in [7, 11) is 0. The van der Waals surface area contributed by atoms with Crippen molar-refractivity contribution in [1.82, 2.24) is 9.97 Å². The lowest BCUT2D eigenvalue weighted by molar-refractivity contribution is -0.137. The minimum Gasteiger partial charge on any atom is -0.483 e. The summed E-state index contributed by atoms with van der Waals surface area (Å²) in [6.45, 7) is 0.927. The Morgan fingerprint density at radius 3 is 2.62 bits per heavy atom. The van der Waals surface area contributed by atoms with E-state index in [2.05, 4.69) is 20.6 Å². The number of rotatable bonds is 5. The predicted molar refractivity (Wildman–Crippen MR) is 137 cm³/mol. The van der Waals surface area contributed by atoms with E-state index in [0.717, 1.165) is 12.1 Å². The molecule has 12 heteroatoms. The number of hydrogen-bond acceptors (Lipinski definition) is 7. The maximum absolute atomic E-state index is 13.7. The van der Waals surface area contributed by atoms with Gasteiger partial charge < -0.3 is 20.1 Å². The molecule has 0 fully saturated rings. The van der Waals surface area contributed by atoms with Crippen molar-refractivity contribution in [2.24, 2.45) is 0 Å². The third-order valence-corrected chi connectivity index (χ3v) is 5.99. The maximum Gasteiger partial charge on any atom is 0.416 e. The maximum atomic E-state index is 13.7. The fraction of sp³-hybridized carbons (Fsp3) is 0.111. The lowest BCUT2D eigenvalue weighted by atomic mass is 10.0. The topological polar surface area (TPSA) is 109 Å². The molecular weight excluding hydrogens is 535 g/mol. The van der Waals surface area contributed by atoms with Gasteiger partial charge in [0, 0.05) is 11.3 Å². The van der Waals surface area contributed by atoms with Gasteiger partial charge in [0.15, 0.2) is 5.82 Å². The first-order valence-corrected chi connectivity index (χ1v) is 11.8. The molecule has 2 N–H and O–H groups in total. The lowest BCUT2D eigenvalue weighted by Gasteiger charge is -2.19. The van der Waals surface area contributed by atoms with Crippen molar-refractivity contribution in [3.8, 4) is 34.6 Å². The number of nitrogens with zero attached hydrogens (tertiary/aromatic N) is 3. The number of anilines is 2. The monoisotopic (exact) mass is 551 g/mol. The normalized spacial score (nSPS) is 12.4. The van der Waals surface area contributed by atoms with Crippen LogP contribution in [-0.4, -0.2) is 29.0 Å². The molecule has 0 radical (unpaired) electrons. The number of nitrogens with one attached hydrogen (secondary N) is 2. The fourth-order valence-corrected chi connectivity index (χ4v) is 3.96. The quantitative estimate of drug-likeness (QED) is 0.290. The van der Waals surface area contributed by atoms with Gasteiger partial charge in [-0.3, -0.25) is 4.79 Å². The highest BCUT2D eigenvalue weighted by molar-refractivity contribution is 6.32. The van der Waals surface area contributed by atoms with Gasteiger partial charge in [0.1, 0.15) is 18.7 Å². The van der Waals surface area contributed by atoms with Crippen LogP contribution in [0.4, 0.5) is 24.7 Å². The zero-order chi connectivity index (χ0) is 27.6. The lowest BCUT2D eigenvalue weighted by Crippen LogP contribution is -2.19. The molecule has 0 spiro atoms. The smallest absolute Gasteiger partial charge is 0.416 e. The van der Waals surface area contributed by atoms with Crippen LogP contribution in [0.2, 0.25) is 5.02 Å². The third kappa shape index (κ3) is 5.71. The number of carbonyl (C=O) groups is 1. The van der Waals surface area contributed by atoms with E-state index in [-0.39, 0.29) is 39.2 Å². The van der Waals surface area contributed by atoms with Crippen molar-refractivity contribution in [2.75, 3.05) is 23.8 Å². The predicted octanol–water partition coefficient (Wildman–Crippen LogP) is 6.54. The van der Waals surface area contributed by atoms with Gasteiger partial charge in [-0.15, -0.1) is 0 Å². The van der Waals surface area contributed by atoms with Crippen molar-refractivity contribution in [1.29, 1.82) is 5.26 Å². The van der Waals surface area contributed by atoms with Gasteiger partial charge in [0.25, 0.3) is 11.8 Å². The van der Waals surface area contributed by atoms with Gasteiger partial charge in [-0.1, -0.05) is 23.7 Å². The largest absolute Gasteiger partial charge is 0.483 e.